The van der Waals surface area contributed by atoms with Crippen LogP contribution in [-0.2, 0) is 16.0 Å². The van der Waals surface area contributed by atoms with Crippen molar-refractivity contribution in [1.29, 1.82) is 0 Å². The third-order valence-corrected chi connectivity index (χ3v) is 4.14. The molecule has 1 aromatic carbocycles. The van der Waals surface area contributed by atoms with Gasteiger partial charge in [-0.15, -0.1) is 11.8 Å². The highest BCUT2D eigenvalue weighted by Gasteiger charge is 2.02. The minimum absolute atomic E-state index is 0.723. The molecule has 0 fully saturated rings. The molecule has 0 unspecified atom stereocenters. The SMILES string of the molecule is COCCCSc1ccc(CNCCOC)cc1Cl. The van der Waals surface area contributed by atoms with Crippen molar-refractivity contribution in [1.82, 2.24) is 5.32 Å². The van der Waals surface area contributed by atoms with Crippen molar-refractivity contribution in [2.75, 3.05) is 39.7 Å². The van der Waals surface area contributed by atoms with Crippen LogP contribution in [0.2, 0.25) is 5.02 Å². The molecule has 0 atom stereocenters. The van der Waals surface area contributed by atoms with Crippen molar-refractivity contribution < 1.29 is 9.47 Å². The van der Waals surface area contributed by atoms with Crippen molar-refractivity contribution in [3.63, 3.8) is 0 Å². The van der Waals surface area contributed by atoms with Gasteiger partial charge in [0, 0.05) is 44.6 Å². The van der Waals surface area contributed by atoms with Crippen LogP contribution in [0.25, 0.3) is 0 Å². The van der Waals surface area contributed by atoms with E-state index >= 15 is 0 Å². The summed E-state index contributed by atoms with van der Waals surface area (Å²) in [5.74, 6) is 1.03. The molecule has 1 aromatic rings. The predicted octanol–water partition coefficient (Wildman–Crippen LogP) is 3.20. The molecule has 0 aliphatic rings. The van der Waals surface area contributed by atoms with E-state index in [2.05, 4.69) is 17.4 Å². The van der Waals surface area contributed by atoms with Gasteiger partial charge >= 0.3 is 0 Å². The Morgan fingerprint density at radius 2 is 2.00 bits per heavy atom. The van der Waals surface area contributed by atoms with Crippen molar-refractivity contribution in [3.8, 4) is 0 Å². The number of thioether (sulfide) groups is 1. The molecule has 1 N–H and O–H groups in total. The van der Waals surface area contributed by atoms with E-state index < -0.39 is 0 Å². The summed E-state index contributed by atoms with van der Waals surface area (Å²) in [5.41, 5.74) is 1.20. The van der Waals surface area contributed by atoms with Gasteiger partial charge in [0.25, 0.3) is 0 Å². The maximum absolute atomic E-state index is 6.28. The highest BCUT2D eigenvalue weighted by atomic mass is 35.5. The molecule has 19 heavy (non-hydrogen) atoms. The second kappa shape index (κ2) is 10.5. The molecule has 0 bridgehead atoms. The Bertz CT molecular complexity index is 363. The molecule has 5 heteroatoms. The summed E-state index contributed by atoms with van der Waals surface area (Å²) < 4.78 is 10.0. The average Bonchev–Trinajstić information content (AvgIpc) is 2.42. The van der Waals surface area contributed by atoms with E-state index in [9.17, 15) is 0 Å². The van der Waals surface area contributed by atoms with Gasteiger partial charge in [-0.2, -0.15) is 0 Å². The first-order chi connectivity index (χ1) is 9.27. The Morgan fingerprint density at radius 1 is 1.21 bits per heavy atom. The minimum Gasteiger partial charge on any atom is -0.385 e. The monoisotopic (exact) mass is 303 g/mol. The number of halogens is 1. The number of benzene rings is 1. The van der Waals surface area contributed by atoms with Crippen molar-refractivity contribution in [2.24, 2.45) is 0 Å². The summed E-state index contributed by atoms with van der Waals surface area (Å²) in [7, 11) is 3.43. The Morgan fingerprint density at radius 3 is 2.68 bits per heavy atom. The highest BCUT2D eigenvalue weighted by Crippen LogP contribution is 2.28. The molecule has 0 heterocycles. The van der Waals surface area contributed by atoms with Gasteiger partial charge in [0.1, 0.15) is 0 Å². The van der Waals surface area contributed by atoms with Crippen LogP contribution in [0.1, 0.15) is 12.0 Å². The fourth-order valence-corrected chi connectivity index (χ4v) is 2.77. The quantitative estimate of drug-likeness (QED) is 0.531. The van der Waals surface area contributed by atoms with Crippen LogP contribution < -0.4 is 5.32 Å². The van der Waals surface area contributed by atoms with Crippen LogP contribution in [0.15, 0.2) is 23.1 Å². The van der Waals surface area contributed by atoms with E-state index in [1.54, 1.807) is 26.0 Å². The second-order valence-electron chi connectivity index (χ2n) is 4.13. The molecule has 3 nitrogen and oxygen atoms in total. The second-order valence-corrected chi connectivity index (χ2v) is 5.67. The summed E-state index contributed by atoms with van der Waals surface area (Å²) in [6, 6.07) is 6.23. The largest absolute Gasteiger partial charge is 0.385 e. The number of rotatable bonds is 10. The fourth-order valence-electron chi connectivity index (χ4n) is 1.56. The maximum Gasteiger partial charge on any atom is 0.0587 e. The molecule has 108 valence electrons. The molecular weight excluding hydrogens is 282 g/mol. The van der Waals surface area contributed by atoms with Crippen LogP contribution in [0.5, 0.6) is 0 Å². The first kappa shape index (κ1) is 16.8. The lowest BCUT2D eigenvalue weighted by Gasteiger charge is -2.08. The van der Waals surface area contributed by atoms with Gasteiger partial charge in [0.15, 0.2) is 0 Å². The van der Waals surface area contributed by atoms with Crippen LogP contribution in [0.4, 0.5) is 0 Å². The topological polar surface area (TPSA) is 30.5 Å². The minimum atomic E-state index is 0.723. The zero-order valence-corrected chi connectivity index (χ0v) is 13.1. The number of ether oxygens (including phenoxy) is 2. The van der Waals surface area contributed by atoms with Gasteiger partial charge in [-0.25, -0.2) is 0 Å². The Kier molecular flexibility index (Phi) is 9.30. The van der Waals surface area contributed by atoms with Gasteiger partial charge in [-0.05, 0) is 24.1 Å². The third-order valence-electron chi connectivity index (χ3n) is 2.56. The first-order valence-electron chi connectivity index (χ1n) is 6.37. The maximum atomic E-state index is 6.28. The molecule has 0 aliphatic heterocycles. The molecule has 0 saturated carbocycles. The van der Waals surface area contributed by atoms with E-state index in [1.807, 2.05) is 6.07 Å². The van der Waals surface area contributed by atoms with E-state index in [0.717, 1.165) is 48.4 Å². The van der Waals surface area contributed by atoms with E-state index in [4.69, 9.17) is 21.1 Å². The predicted molar refractivity (Wildman–Crippen MR) is 82.3 cm³/mol. The summed E-state index contributed by atoms with van der Waals surface area (Å²) in [5, 5.41) is 4.13. The molecule has 0 radical (unpaired) electrons. The molecule has 0 saturated heterocycles. The smallest absolute Gasteiger partial charge is 0.0587 e. The van der Waals surface area contributed by atoms with Gasteiger partial charge in [-0.3, -0.25) is 0 Å². The number of nitrogens with one attached hydrogen (secondary N) is 1. The standard InChI is InChI=1S/C14H22ClNO2S/c1-17-7-3-9-19-14-5-4-12(10-13(14)15)11-16-6-8-18-2/h4-5,10,16H,3,6-9,11H2,1-2H3. The van der Waals surface area contributed by atoms with Crippen LogP contribution in [-0.4, -0.2) is 39.7 Å². The molecule has 0 spiro atoms. The summed E-state index contributed by atoms with van der Waals surface area (Å²) in [4.78, 5) is 1.14. The summed E-state index contributed by atoms with van der Waals surface area (Å²) >= 11 is 8.05. The van der Waals surface area contributed by atoms with E-state index in [-0.39, 0.29) is 0 Å². The Labute approximate surface area is 125 Å². The molecule has 0 amide bonds. The number of hydrogen-bond acceptors (Lipinski definition) is 4. The number of hydrogen-bond donors (Lipinski definition) is 1. The van der Waals surface area contributed by atoms with Gasteiger partial charge in [0.05, 0.1) is 11.6 Å². The number of methoxy groups -OCH3 is 2. The third kappa shape index (κ3) is 7.18. The van der Waals surface area contributed by atoms with Crippen LogP contribution in [0.3, 0.4) is 0 Å². The normalized spacial score (nSPS) is 10.9. The lowest BCUT2D eigenvalue weighted by Crippen LogP contribution is -2.18. The fraction of sp³-hybridized carbons (Fsp3) is 0.571. The average molecular weight is 304 g/mol. The lowest BCUT2D eigenvalue weighted by molar-refractivity contribution is 0.199. The molecule has 0 aromatic heterocycles. The zero-order valence-electron chi connectivity index (χ0n) is 11.6. The zero-order chi connectivity index (χ0) is 13.9. The van der Waals surface area contributed by atoms with Gasteiger partial charge < -0.3 is 14.8 Å². The van der Waals surface area contributed by atoms with E-state index in [0.29, 0.717) is 0 Å². The van der Waals surface area contributed by atoms with Crippen molar-refractivity contribution in [2.45, 2.75) is 17.9 Å². The van der Waals surface area contributed by atoms with Crippen molar-refractivity contribution in [3.05, 3.63) is 28.8 Å². The van der Waals surface area contributed by atoms with E-state index in [1.165, 1.54) is 5.56 Å². The van der Waals surface area contributed by atoms with Gasteiger partial charge in [-0.1, -0.05) is 17.7 Å². The molecule has 0 aliphatic carbocycles. The van der Waals surface area contributed by atoms with Crippen LogP contribution in [0, 0.1) is 0 Å². The Hall–Kier alpha value is -0.260. The van der Waals surface area contributed by atoms with Gasteiger partial charge in [0.2, 0.25) is 0 Å². The molecular formula is C14H22ClNO2S. The highest BCUT2D eigenvalue weighted by molar-refractivity contribution is 7.99. The van der Waals surface area contributed by atoms with Crippen molar-refractivity contribution >= 4 is 23.4 Å². The van der Waals surface area contributed by atoms with Crippen LogP contribution >= 0.6 is 23.4 Å². The summed E-state index contributed by atoms with van der Waals surface area (Å²) in [6.07, 6.45) is 1.04. The Balaban J connectivity index is 2.36. The lowest BCUT2D eigenvalue weighted by atomic mass is 10.2. The molecule has 1 rings (SSSR count). The summed E-state index contributed by atoms with van der Waals surface area (Å²) in [6.45, 7) is 3.19. The first-order valence-corrected chi connectivity index (χ1v) is 7.74.